The summed E-state index contributed by atoms with van der Waals surface area (Å²) in [5.74, 6) is -2.66. The van der Waals surface area contributed by atoms with Crippen molar-refractivity contribution in [2.75, 3.05) is 0 Å². The van der Waals surface area contributed by atoms with Crippen LogP contribution in [0.3, 0.4) is 0 Å². The van der Waals surface area contributed by atoms with Crippen LogP contribution in [0.5, 0.6) is 5.75 Å². The Labute approximate surface area is 129 Å². The minimum absolute atomic E-state index is 0.228. The molecule has 0 aromatic heterocycles. The van der Waals surface area contributed by atoms with Gasteiger partial charge in [-0.1, -0.05) is 18.2 Å². The third-order valence-electron chi connectivity index (χ3n) is 3.07. The van der Waals surface area contributed by atoms with Gasteiger partial charge in [-0.2, -0.15) is 13.2 Å². The minimum Gasteiger partial charge on any atom is -0.478 e. The molecule has 3 nitrogen and oxygen atoms in total. The monoisotopic (exact) mass is 328 g/mol. The molecule has 0 aliphatic rings. The fourth-order valence-electron chi connectivity index (χ4n) is 1.97. The first-order chi connectivity index (χ1) is 10.7. The highest BCUT2D eigenvalue weighted by atomic mass is 19.4. The van der Waals surface area contributed by atoms with Gasteiger partial charge in [-0.25, -0.2) is 9.18 Å². The van der Waals surface area contributed by atoms with Crippen molar-refractivity contribution in [3.05, 3.63) is 65.0 Å². The first kappa shape index (κ1) is 16.8. The predicted octanol–water partition coefficient (Wildman–Crippen LogP) is 4.36. The molecule has 0 bridgehead atoms. The largest absolute Gasteiger partial charge is 0.478 e. The average molecular weight is 328 g/mol. The lowest BCUT2D eigenvalue weighted by atomic mass is 10.1. The fraction of sp³-hybridized carbons (Fsp3) is 0.188. The Kier molecular flexibility index (Phi) is 4.58. The Morgan fingerprint density at radius 1 is 1.17 bits per heavy atom. The van der Waals surface area contributed by atoms with Crippen LogP contribution in [-0.4, -0.2) is 11.1 Å². The van der Waals surface area contributed by atoms with E-state index in [1.807, 2.05) is 0 Å². The average Bonchev–Trinajstić information content (AvgIpc) is 2.47. The van der Waals surface area contributed by atoms with E-state index in [4.69, 9.17) is 4.74 Å². The summed E-state index contributed by atoms with van der Waals surface area (Å²) in [6.07, 6.45) is -6.37. The molecule has 122 valence electrons. The Morgan fingerprint density at radius 2 is 1.87 bits per heavy atom. The Hall–Kier alpha value is -2.57. The summed E-state index contributed by atoms with van der Waals surface area (Å²) in [4.78, 5) is 11.3. The van der Waals surface area contributed by atoms with Crippen molar-refractivity contribution < 1.29 is 32.2 Å². The topological polar surface area (TPSA) is 46.5 Å². The van der Waals surface area contributed by atoms with Crippen LogP contribution in [0.1, 0.15) is 22.8 Å². The van der Waals surface area contributed by atoms with Gasteiger partial charge in [0.15, 0.2) is 11.6 Å². The van der Waals surface area contributed by atoms with Gasteiger partial charge in [0.25, 0.3) is 0 Å². The summed E-state index contributed by atoms with van der Waals surface area (Å²) in [5, 5.41) is 9.21. The molecule has 1 unspecified atom stereocenters. The zero-order valence-electron chi connectivity index (χ0n) is 11.9. The summed E-state index contributed by atoms with van der Waals surface area (Å²) >= 11 is 0. The first-order valence-electron chi connectivity index (χ1n) is 6.51. The van der Waals surface area contributed by atoms with Gasteiger partial charge in [0.05, 0.1) is 5.56 Å². The van der Waals surface area contributed by atoms with E-state index in [0.29, 0.717) is 11.6 Å². The molecule has 0 aliphatic heterocycles. The van der Waals surface area contributed by atoms with Crippen LogP contribution in [0.2, 0.25) is 0 Å². The molecule has 2 aromatic rings. The van der Waals surface area contributed by atoms with Crippen molar-refractivity contribution in [1.82, 2.24) is 0 Å². The first-order valence-corrected chi connectivity index (χ1v) is 6.51. The SMILES string of the molecule is Cc1ccc(F)c(OC(C(=O)O)c2cccc(C(F)(F)F)c2)c1. The molecule has 0 amide bonds. The number of carbonyl (C=O) groups is 1. The van der Waals surface area contributed by atoms with Gasteiger partial charge in [-0.05, 0) is 36.8 Å². The van der Waals surface area contributed by atoms with E-state index >= 15 is 0 Å². The predicted molar refractivity (Wildman–Crippen MR) is 73.6 cm³/mol. The zero-order valence-corrected chi connectivity index (χ0v) is 11.9. The molecule has 7 heteroatoms. The van der Waals surface area contributed by atoms with Crippen molar-refractivity contribution >= 4 is 5.97 Å². The number of alkyl halides is 3. The molecule has 2 rings (SSSR count). The highest BCUT2D eigenvalue weighted by Gasteiger charge is 2.32. The molecule has 0 radical (unpaired) electrons. The number of rotatable bonds is 4. The Bertz CT molecular complexity index is 726. The summed E-state index contributed by atoms with van der Waals surface area (Å²) in [5.41, 5.74) is -0.614. The highest BCUT2D eigenvalue weighted by Crippen LogP contribution is 2.32. The van der Waals surface area contributed by atoms with E-state index in [0.717, 1.165) is 18.2 Å². The van der Waals surface area contributed by atoms with Crippen molar-refractivity contribution in [3.63, 3.8) is 0 Å². The number of carboxylic acids is 1. The number of aliphatic carboxylic acids is 1. The number of halogens is 4. The molecular formula is C16H12F4O3. The fourth-order valence-corrected chi connectivity index (χ4v) is 1.97. The lowest BCUT2D eigenvalue weighted by molar-refractivity contribution is -0.146. The van der Waals surface area contributed by atoms with E-state index in [-0.39, 0.29) is 11.3 Å². The van der Waals surface area contributed by atoms with Crippen LogP contribution in [0.15, 0.2) is 42.5 Å². The second kappa shape index (κ2) is 6.28. The summed E-state index contributed by atoms with van der Waals surface area (Å²) in [6.45, 7) is 1.65. The number of carboxylic acid groups (broad SMARTS) is 1. The van der Waals surface area contributed by atoms with E-state index in [9.17, 15) is 27.5 Å². The smallest absolute Gasteiger partial charge is 0.416 e. The summed E-state index contributed by atoms with van der Waals surface area (Å²) in [7, 11) is 0. The quantitative estimate of drug-likeness (QED) is 0.849. The van der Waals surface area contributed by atoms with Crippen LogP contribution in [0, 0.1) is 12.7 Å². The second-order valence-corrected chi connectivity index (χ2v) is 4.89. The second-order valence-electron chi connectivity index (χ2n) is 4.89. The van der Waals surface area contributed by atoms with Gasteiger partial charge < -0.3 is 9.84 Å². The minimum atomic E-state index is -4.62. The molecule has 0 fully saturated rings. The number of ether oxygens (including phenoxy) is 1. The zero-order chi connectivity index (χ0) is 17.2. The van der Waals surface area contributed by atoms with Crippen molar-refractivity contribution in [1.29, 1.82) is 0 Å². The molecule has 0 saturated heterocycles. The van der Waals surface area contributed by atoms with Gasteiger partial charge >= 0.3 is 12.1 Å². The molecule has 1 N–H and O–H groups in total. The Balaban J connectivity index is 2.40. The number of hydrogen-bond acceptors (Lipinski definition) is 2. The summed E-state index contributed by atoms with van der Waals surface area (Å²) in [6, 6.07) is 7.57. The van der Waals surface area contributed by atoms with Crippen LogP contribution < -0.4 is 4.74 Å². The van der Waals surface area contributed by atoms with Crippen molar-refractivity contribution in [2.24, 2.45) is 0 Å². The standard InChI is InChI=1S/C16H12F4O3/c1-9-5-6-12(17)13(7-9)23-14(15(21)22)10-3-2-4-11(8-10)16(18,19)20/h2-8,14H,1H3,(H,21,22). The molecule has 0 heterocycles. The number of hydrogen-bond donors (Lipinski definition) is 1. The van der Waals surface area contributed by atoms with Crippen LogP contribution in [-0.2, 0) is 11.0 Å². The Morgan fingerprint density at radius 3 is 2.48 bits per heavy atom. The maximum absolute atomic E-state index is 13.7. The van der Waals surface area contributed by atoms with Crippen LogP contribution in [0.4, 0.5) is 17.6 Å². The van der Waals surface area contributed by atoms with Crippen molar-refractivity contribution in [2.45, 2.75) is 19.2 Å². The molecule has 0 saturated carbocycles. The van der Waals surface area contributed by atoms with E-state index < -0.39 is 29.6 Å². The highest BCUT2D eigenvalue weighted by molar-refractivity contribution is 5.75. The normalized spacial score (nSPS) is 12.7. The van der Waals surface area contributed by atoms with Crippen molar-refractivity contribution in [3.8, 4) is 5.75 Å². The van der Waals surface area contributed by atoms with E-state index in [1.54, 1.807) is 6.92 Å². The molecule has 2 aromatic carbocycles. The summed E-state index contributed by atoms with van der Waals surface area (Å²) < 4.78 is 57.0. The lowest BCUT2D eigenvalue weighted by Gasteiger charge is -2.17. The number of benzene rings is 2. The van der Waals surface area contributed by atoms with Gasteiger partial charge in [-0.3, -0.25) is 0 Å². The maximum atomic E-state index is 13.7. The van der Waals surface area contributed by atoms with Gasteiger partial charge in [0, 0.05) is 5.56 Å². The van der Waals surface area contributed by atoms with Crippen LogP contribution >= 0.6 is 0 Å². The molecular weight excluding hydrogens is 316 g/mol. The van der Waals surface area contributed by atoms with Gasteiger partial charge in [0.1, 0.15) is 0 Å². The molecule has 1 atom stereocenters. The van der Waals surface area contributed by atoms with Gasteiger partial charge in [-0.15, -0.1) is 0 Å². The van der Waals surface area contributed by atoms with Crippen LogP contribution in [0.25, 0.3) is 0 Å². The third-order valence-corrected chi connectivity index (χ3v) is 3.07. The molecule has 0 aliphatic carbocycles. The van der Waals surface area contributed by atoms with E-state index in [2.05, 4.69) is 0 Å². The number of aryl methyl sites for hydroxylation is 1. The van der Waals surface area contributed by atoms with Gasteiger partial charge in [0.2, 0.25) is 6.10 Å². The molecule has 0 spiro atoms. The maximum Gasteiger partial charge on any atom is 0.416 e. The lowest BCUT2D eigenvalue weighted by Crippen LogP contribution is -2.19. The molecule has 23 heavy (non-hydrogen) atoms. The van der Waals surface area contributed by atoms with E-state index in [1.165, 1.54) is 18.2 Å². The third kappa shape index (κ3) is 4.00.